The number of aromatic nitrogens is 2. The van der Waals surface area contributed by atoms with Crippen LogP contribution < -0.4 is 15.4 Å². The number of carbonyl (C=O) groups excluding carboxylic acids is 1. The molecule has 0 saturated carbocycles. The molecule has 1 saturated heterocycles. The van der Waals surface area contributed by atoms with Crippen LogP contribution in [-0.2, 0) is 17.9 Å². The Hall–Kier alpha value is -2.90. The summed E-state index contributed by atoms with van der Waals surface area (Å²) >= 11 is 0. The van der Waals surface area contributed by atoms with Crippen LogP contribution in [0.15, 0.2) is 59.1 Å². The van der Waals surface area contributed by atoms with Crippen molar-refractivity contribution in [1.82, 2.24) is 20.8 Å². The number of rotatable bonds is 7. The van der Waals surface area contributed by atoms with Gasteiger partial charge in [-0.25, -0.2) is 0 Å². The smallest absolute Gasteiger partial charge is 0.246 e. The van der Waals surface area contributed by atoms with Gasteiger partial charge in [0.1, 0.15) is 12.4 Å². The Bertz CT molecular complexity index is 909. The molecule has 1 fully saturated rings. The van der Waals surface area contributed by atoms with E-state index in [9.17, 15) is 4.79 Å². The van der Waals surface area contributed by atoms with Crippen molar-refractivity contribution in [3.63, 3.8) is 0 Å². The zero-order valence-corrected chi connectivity index (χ0v) is 16.7. The molecular weight excluding hydrogens is 392 g/mol. The first-order valence-electron chi connectivity index (χ1n) is 9.39. The summed E-state index contributed by atoms with van der Waals surface area (Å²) in [5, 5.41) is 9.98. The maximum Gasteiger partial charge on any atom is 0.246 e. The van der Waals surface area contributed by atoms with Crippen LogP contribution >= 0.6 is 12.4 Å². The molecule has 0 aliphatic carbocycles. The van der Waals surface area contributed by atoms with Crippen LogP contribution in [0.25, 0.3) is 11.4 Å². The van der Waals surface area contributed by atoms with Crippen molar-refractivity contribution in [2.75, 3.05) is 6.54 Å². The molecule has 3 aromatic rings. The average molecular weight is 415 g/mol. The normalized spacial score (nSPS) is 15.5. The first-order chi connectivity index (χ1) is 13.8. The van der Waals surface area contributed by atoms with E-state index in [1.165, 1.54) is 0 Å². The van der Waals surface area contributed by atoms with Gasteiger partial charge in [0.05, 0.1) is 12.6 Å². The third-order valence-electron chi connectivity index (χ3n) is 4.62. The molecule has 0 bridgehead atoms. The van der Waals surface area contributed by atoms with E-state index in [1.807, 2.05) is 54.6 Å². The summed E-state index contributed by atoms with van der Waals surface area (Å²) in [4.78, 5) is 16.4. The van der Waals surface area contributed by atoms with Crippen molar-refractivity contribution in [2.45, 2.75) is 32.0 Å². The molecule has 1 unspecified atom stereocenters. The number of hydrogen-bond donors (Lipinski definition) is 2. The molecule has 29 heavy (non-hydrogen) atoms. The fraction of sp³-hybridized carbons (Fsp3) is 0.286. The second-order valence-electron chi connectivity index (χ2n) is 6.68. The highest BCUT2D eigenvalue weighted by atomic mass is 35.5. The van der Waals surface area contributed by atoms with Gasteiger partial charge in [0.15, 0.2) is 0 Å². The highest BCUT2D eigenvalue weighted by Gasteiger charge is 2.22. The predicted octanol–water partition coefficient (Wildman–Crippen LogP) is 3.11. The minimum absolute atomic E-state index is 0. The van der Waals surface area contributed by atoms with Crippen molar-refractivity contribution >= 4 is 18.3 Å². The molecule has 0 radical (unpaired) electrons. The summed E-state index contributed by atoms with van der Waals surface area (Å²) in [5.41, 5.74) is 1.94. The molecule has 1 atom stereocenters. The first kappa shape index (κ1) is 20.8. The molecule has 1 aromatic heterocycles. The zero-order valence-electron chi connectivity index (χ0n) is 15.8. The zero-order chi connectivity index (χ0) is 19.2. The SMILES string of the molecule is Cl.O=C(NCc1nc(-c2ccc(OCc3ccccc3)cc2)no1)C1CCCN1. The molecule has 0 spiro atoms. The van der Waals surface area contributed by atoms with Crippen LogP contribution in [0.5, 0.6) is 5.75 Å². The van der Waals surface area contributed by atoms with E-state index < -0.39 is 0 Å². The van der Waals surface area contributed by atoms with Gasteiger partial charge in [-0.2, -0.15) is 4.98 Å². The van der Waals surface area contributed by atoms with Gasteiger partial charge < -0.3 is 19.9 Å². The number of nitrogens with zero attached hydrogens (tertiary/aromatic N) is 2. The van der Waals surface area contributed by atoms with E-state index in [4.69, 9.17) is 9.26 Å². The van der Waals surface area contributed by atoms with Crippen LogP contribution in [0.1, 0.15) is 24.3 Å². The molecule has 1 aliphatic rings. The Morgan fingerprint density at radius 2 is 1.97 bits per heavy atom. The molecular formula is C21H23ClN4O3. The maximum atomic E-state index is 12.0. The lowest BCUT2D eigenvalue weighted by molar-refractivity contribution is -0.123. The van der Waals surface area contributed by atoms with Crippen molar-refractivity contribution in [2.24, 2.45) is 0 Å². The molecule has 152 valence electrons. The largest absolute Gasteiger partial charge is 0.489 e. The van der Waals surface area contributed by atoms with Gasteiger partial charge >= 0.3 is 0 Å². The van der Waals surface area contributed by atoms with Crippen LogP contribution in [0.4, 0.5) is 0 Å². The first-order valence-corrected chi connectivity index (χ1v) is 9.39. The van der Waals surface area contributed by atoms with Gasteiger partial charge in [-0.3, -0.25) is 4.79 Å². The Labute approximate surface area is 175 Å². The number of halogens is 1. The molecule has 2 N–H and O–H groups in total. The minimum Gasteiger partial charge on any atom is -0.489 e. The van der Waals surface area contributed by atoms with Crippen LogP contribution in [0.2, 0.25) is 0 Å². The Kier molecular flexibility index (Phi) is 7.21. The highest BCUT2D eigenvalue weighted by Crippen LogP contribution is 2.21. The van der Waals surface area contributed by atoms with Gasteiger partial charge in [0.2, 0.25) is 17.6 Å². The van der Waals surface area contributed by atoms with Crippen LogP contribution in [0, 0.1) is 0 Å². The summed E-state index contributed by atoms with van der Waals surface area (Å²) in [6.45, 7) is 1.62. The predicted molar refractivity (Wildman–Crippen MR) is 111 cm³/mol. The van der Waals surface area contributed by atoms with Crippen LogP contribution in [-0.4, -0.2) is 28.6 Å². The fourth-order valence-electron chi connectivity index (χ4n) is 3.08. The average Bonchev–Trinajstić information content (AvgIpc) is 3.44. The number of hydrogen-bond acceptors (Lipinski definition) is 6. The van der Waals surface area contributed by atoms with E-state index in [0.717, 1.165) is 36.3 Å². The lowest BCUT2D eigenvalue weighted by atomic mass is 10.2. The summed E-state index contributed by atoms with van der Waals surface area (Å²) in [6, 6.07) is 17.4. The highest BCUT2D eigenvalue weighted by molar-refractivity contribution is 5.85. The lowest BCUT2D eigenvalue weighted by Gasteiger charge is -2.08. The minimum atomic E-state index is -0.120. The molecule has 1 aliphatic heterocycles. The second kappa shape index (κ2) is 10.0. The molecule has 2 heterocycles. The topological polar surface area (TPSA) is 89.3 Å². The third kappa shape index (κ3) is 5.56. The number of carbonyl (C=O) groups is 1. The summed E-state index contributed by atoms with van der Waals surface area (Å²) in [6.07, 6.45) is 1.88. The Morgan fingerprint density at radius 1 is 1.17 bits per heavy atom. The van der Waals surface area contributed by atoms with Gasteiger partial charge in [-0.15, -0.1) is 12.4 Å². The number of ether oxygens (including phenoxy) is 1. The number of benzene rings is 2. The van der Waals surface area contributed by atoms with Gasteiger partial charge in [-0.1, -0.05) is 35.5 Å². The summed E-state index contributed by atoms with van der Waals surface area (Å²) in [5.74, 6) is 1.61. The number of amides is 1. The monoisotopic (exact) mass is 414 g/mol. The summed E-state index contributed by atoms with van der Waals surface area (Å²) in [7, 11) is 0. The van der Waals surface area contributed by atoms with Gasteiger partial charge in [-0.05, 0) is 49.2 Å². The van der Waals surface area contributed by atoms with Crippen molar-refractivity contribution in [3.8, 4) is 17.1 Å². The quantitative estimate of drug-likeness (QED) is 0.617. The van der Waals surface area contributed by atoms with Crippen molar-refractivity contribution in [3.05, 3.63) is 66.1 Å². The van der Waals surface area contributed by atoms with E-state index in [-0.39, 0.29) is 30.9 Å². The van der Waals surface area contributed by atoms with E-state index in [2.05, 4.69) is 20.8 Å². The molecule has 2 aromatic carbocycles. The molecule has 8 heteroatoms. The van der Waals surface area contributed by atoms with Gasteiger partial charge in [0.25, 0.3) is 0 Å². The maximum absolute atomic E-state index is 12.0. The lowest BCUT2D eigenvalue weighted by Crippen LogP contribution is -2.40. The van der Waals surface area contributed by atoms with Gasteiger partial charge in [0, 0.05) is 5.56 Å². The Balaban J connectivity index is 0.00000240. The second-order valence-corrected chi connectivity index (χ2v) is 6.68. The molecule has 4 rings (SSSR count). The standard InChI is InChI=1S/C21H22N4O3.ClH/c26-21(18-7-4-12-22-18)23-13-19-24-20(25-28-19)16-8-10-17(11-9-16)27-14-15-5-2-1-3-6-15;/h1-3,5-6,8-11,18,22H,4,7,12-14H2,(H,23,26);1H. The Morgan fingerprint density at radius 3 is 2.69 bits per heavy atom. The van der Waals surface area contributed by atoms with E-state index >= 15 is 0 Å². The summed E-state index contributed by atoms with van der Waals surface area (Å²) < 4.78 is 11.0. The molecule has 1 amide bonds. The van der Waals surface area contributed by atoms with Crippen molar-refractivity contribution < 1.29 is 14.1 Å². The fourth-order valence-corrected chi connectivity index (χ4v) is 3.08. The van der Waals surface area contributed by atoms with Crippen LogP contribution in [0.3, 0.4) is 0 Å². The van der Waals surface area contributed by atoms with E-state index in [0.29, 0.717) is 18.3 Å². The molecule has 7 nitrogen and oxygen atoms in total. The third-order valence-corrected chi connectivity index (χ3v) is 4.62. The van der Waals surface area contributed by atoms with Crippen molar-refractivity contribution in [1.29, 1.82) is 0 Å². The number of nitrogens with one attached hydrogen (secondary N) is 2. The van der Waals surface area contributed by atoms with E-state index in [1.54, 1.807) is 0 Å².